The summed E-state index contributed by atoms with van der Waals surface area (Å²) >= 11 is 0. The number of unbranched alkanes of at least 4 members (excludes halogenated alkanes) is 1. The van der Waals surface area contributed by atoms with Crippen molar-refractivity contribution >= 4 is 0 Å². The second kappa shape index (κ2) is 5.27. The van der Waals surface area contributed by atoms with E-state index in [1.807, 2.05) is 0 Å². The van der Waals surface area contributed by atoms with Crippen LogP contribution in [0.25, 0.3) is 0 Å². The molecule has 1 N–H and O–H groups in total. The number of hydrogen-bond acceptors (Lipinski definition) is 2. The molecule has 2 nitrogen and oxygen atoms in total. The van der Waals surface area contributed by atoms with Gasteiger partial charge in [0.1, 0.15) is 0 Å². The Labute approximate surface area is 106 Å². The summed E-state index contributed by atoms with van der Waals surface area (Å²) in [5.41, 5.74) is 0. The van der Waals surface area contributed by atoms with E-state index in [1.165, 1.54) is 64.5 Å². The standard InChI is InChI=1S/C15H28N2/c1-2-3-4-12-9-14(16-13-5-6-13)11-17(10-12)15-7-8-15/h12-16H,2-11H2,1H3. The van der Waals surface area contributed by atoms with Crippen molar-refractivity contribution in [3.05, 3.63) is 0 Å². The molecule has 2 aliphatic carbocycles. The number of rotatable bonds is 6. The van der Waals surface area contributed by atoms with E-state index in [-0.39, 0.29) is 0 Å². The van der Waals surface area contributed by atoms with Crippen LogP contribution in [-0.4, -0.2) is 36.1 Å². The van der Waals surface area contributed by atoms with Crippen molar-refractivity contribution in [2.24, 2.45) is 5.92 Å². The molecule has 0 bridgehead atoms. The van der Waals surface area contributed by atoms with Gasteiger partial charge in [0, 0.05) is 31.2 Å². The Morgan fingerprint density at radius 3 is 2.53 bits per heavy atom. The highest BCUT2D eigenvalue weighted by molar-refractivity contribution is 4.95. The lowest BCUT2D eigenvalue weighted by Crippen LogP contribution is -2.50. The number of piperidine rings is 1. The lowest BCUT2D eigenvalue weighted by atomic mass is 9.89. The third-order valence-corrected chi connectivity index (χ3v) is 4.64. The molecule has 2 unspecified atom stereocenters. The number of hydrogen-bond donors (Lipinski definition) is 1. The molecule has 0 aromatic carbocycles. The minimum absolute atomic E-state index is 0.804. The van der Waals surface area contributed by atoms with Crippen LogP contribution in [0, 0.1) is 5.92 Å². The minimum Gasteiger partial charge on any atom is -0.310 e. The normalized spacial score (nSPS) is 35.1. The van der Waals surface area contributed by atoms with E-state index >= 15 is 0 Å². The molecular weight excluding hydrogens is 208 g/mol. The quantitative estimate of drug-likeness (QED) is 0.763. The molecule has 3 aliphatic rings. The first-order valence-electron chi connectivity index (χ1n) is 7.85. The summed E-state index contributed by atoms with van der Waals surface area (Å²) in [6.45, 7) is 5.05. The highest BCUT2D eigenvalue weighted by Gasteiger charge is 2.37. The first-order valence-corrected chi connectivity index (χ1v) is 7.85. The second-order valence-corrected chi connectivity index (χ2v) is 6.57. The van der Waals surface area contributed by atoms with E-state index in [9.17, 15) is 0 Å². The summed E-state index contributed by atoms with van der Waals surface area (Å²) in [5.74, 6) is 0.973. The zero-order chi connectivity index (χ0) is 11.7. The van der Waals surface area contributed by atoms with Crippen molar-refractivity contribution < 1.29 is 0 Å². The number of nitrogens with one attached hydrogen (secondary N) is 1. The van der Waals surface area contributed by atoms with Gasteiger partial charge in [-0.1, -0.05) is 19.8 Å². The Balaban J connectivity index is 1.52. The zero-order valence-corrected chi connectivity index (χ0v) is 11.3. The average Bonchev–Trinajstić information content (AvgIpc) is 3.17. The van der Waals surface area contributed by atoms with E-state index in [1.54, 1.807) is 0 Å². The molecule has 17 heavy (non-hydrogen) atoms. The van der Waals surface area contributed by atoms with Gasteiger partial charge in [0.05, 0.1) is 0 Å². The summed E-state index contributed by atoms with van der Waals surface area (Å²) < 4.78 is 0. The van der Waals surface area contributed by atoms with Gasteiger partial charge in [-0.15, -0.1) is 0 Å². The Morgan fingerprint density at radius 2 is 1.88 bits per heavy atom. The SMILES string of the molecule is CCCCC1CC(NC2CC2)CN(C2CC2)C1. The summed E-state index contributed by atoms with van der Waals surface area (Å²) in [7, 11) is 0. The van der Waals surface area contributed by atoms with Crippen LogP contribution in [0.2, 0.25) is 0 Å². The van der Waals surface area contributed by atoms with Crippen molar-refractivity contribution in [3.63, 3.8) is 0 Å². The van der Waals surface area contributed by atoms with Crippen LogP contribution in [0.5, 0.6) is 0 Å². The molecule has 1 aliphatic heterocycles. The first kappa shape index (κ1) is 12.0. The molecule has 0 amide bonds. The molecule has 0 aromatic heterocycles. The number of likely N-dealkylation sites (tertiary alicyclic amines) is 1. The van der Waals surface area contributed by atoms with Gasteiger partial charge in [-0.3, -0.25) is 4.90 Å². The molecule has 0 aromatic rings. The Morgan fingerprint density at radius 1 is 1.06 bits per heavy atom. The molecular formula is C15H28N2. The average molecular weight is 236 g/mol. The van der Waals surface area contributed by atoms with Crippen molar-refractivity contribution in [2.45, 2.75) is 76.4 Å². The van der Waals surface area contributed by atoms with Crippen molar-refractivity contribution in [3.8, 4) is 0 Å². The Hall–Kier alpha value is -0.0800. The molecule has 2 saturated carbocycles. The van der Waals surface area contributed by atoms with Gasteiger partial charge in [-0.25, -0.2) is 0 Å². The topological polar surface area (TPSA) is 15.3 Å². The van der Waals surface area contributed by atoms with Crippen LogP contribution in [-0.2, 0) is 0 Å². The third kappa shape index (κ3) is 3.45. The molecule has 1 saturated heterocycles. The van der Waals surface area contributed by atoms with Gasteiger partial charge in [-0.05, 0) is 44.4 Å². The molecule has 1 heterocycles. The first-order chi connectivity index (χ1) is 8.35. The van der Waals surface area contributed by atoms with Crippen molar-refractivity contribution in [1.82, 2.24) is 10.2 Å². The summed E-state index contributed by atoms with van der Waals surface area (Å²) in [4.78, 5) is 2.80. The second-order valence-electron chi connectivity index (χ2n) is 6.57. The molecule has 3 fully saturated rings. The zero-order valence-electron chi connectivity index (χ0n) is 11.3. The van der Waals surface area contributed by atoms with Gasteiger partial charge in [0.15, 0.2) is 0 Å². The van der Waals surface area contributed by atoms with Crippen LogP contribution in [0.3, 0.4) is 0 Å². The van der Waals surface area contributed by atoms with Gasteiger partial charge >= 0.3 is 0 Å². The highest BCUT2D eigenvalue weighted by atomic mass is 15.2. The fourth-order valence-electron chi connectivity index (χ4n) is 3.38. The minimum atomic E-state index is 0.804. The molecule has 0 spiro atoms. The maximum atomic E-state index is 3.87. The van der Waals surface area contributed by atoms with E-state index in [4.69, 9.17) is 0 Å². The highest BCUT2D eigenvalue weighted by Crippen LogP contribution is 2.33. The Kier molecular flexibility index (Phi) is 3.72. The van der Waals surface area contributed by atoms with Crippen molar-refractivity contribution in [2.75, 3.05) is 13.1 Å². The van der Waals surface area contributed by atoms with Gasteiger partial charge in [0.2, 0.25) is 0 Å². The van der Waals surface area contributed by atoms with Crippen molar-refractivity contribution in [1.29, 1.82) is 0 Å². The van der Waals surface area contributed by atoms with Crippen LogP contribution < -0.4 is 5.32 Å². The van der Waals surface area contributed by atoms with Crippen LogP contribution in [0.4, 0.5) is 0 Å². The predicted molar refractivity (Wildman–Crippen MR) is 72.2 cm³/mol. The molecule has 2 atom stereocenters. The lowest BCUT2D eigenvalue weighted by molar-refractivity contribution is 0.126. The summed E-state index contributed by atoms with van der Waals surface area (Å²) in [5, 5.41) is 3.87. The third-order valence-electron chi connectivity index (χ3n) is 4.64. The van der Waals surface area contributed by atoms with E-state index in [0.717, 1.165) is 24.0 Å². The Bertz CT molecular complexity index is 245. The van der Waals surface area contributed by atoms with Crippen LogP contribution in [0.15, 0.2) is 0 Å². The van der Waals surface area contributed by atoms with Gasteiger partial charge in [-0.2, -0.15) is 0 Å². The van der Waals surface area contributed by atoms with E-state index in [0.29, 0.717) is 0 Å². The fourth-order valence-corrected chi connectivity index (χ4v) is 3.38. The van der Waals surface area contributed by atoms with Gasteiger partial charge in [0.25, 0.3) is 0 Å². The van der Waals surface area contributed by atoms with E-state index in [2.05, 4.69) is 17.1 Å². The smallest absolute Gasteiger partial charge is 0.0200 e. The van der Waals surface area contributed by atoms with Crippen LogP contribution >= 0.6 is 0 Å². The monoisotopic (exact) mass is 236 g/mol. The number of nitrogens with zero attached hydrogens (tertiary/aromatic N) is 1. The molecule has 3 rings (SSSR count). The van der Waals surface area contributed by atoms with Crippen LogP contribution in [0.1, 0.15) is 58.3 Å². The largest absolute Gasteiger partial charge is 0.310 e. The maximum absolute atomic E-state index is 3.87. The summed E-state index contributed by atoms with van der Waals surface area (Å²) in [6.07, 6.45) is 11.5. The summed E-state index contributed by atoms with van der Waals surface area (Å²) in [6, 6.07) is 2.65. The lowest BCUT2D eigenvalue weighted by Gasteiger charge is -2.38. The van der Waals surface area contributed by atoms with Gasteiger partial charge < -0.3 is 5.32 Å². The fraction of sp³-hybridized carbons (Fsp3) is 1.00. The maximum Gasteiger partial charge on any atom is 0.0200 e. The molecule has 2 heteroatoms. The van der Waals surface area contributed by atoms with E-state index < -0.39 is 0 Å². The molecule has 0 radical (unpaired) electrons. The predicted octanol–water partition coefficient (Wildman–Crippen LogP) is 2.78. The molecule has 98 valence electrons.